The van der Waals surface area contributed by atoms with Gasteiger partial charge in [0, 0.05) is 33.5 Å². The van der Waals surface area contributed by atoms with Crippen molar-refractivity contribution in [3.63, 3.8) is 0 Å². The minimum Gasteiger partial charge on any atom is -0.278 e. The highest BCUT2D eigenvalue weighted by Gasteiger charge is 2.37. The van der Waals surface area contributed by atoms with Gasteiger partial charge >= 0.3 is 0 Å². The maximum Gasteiger partial charge on any atom is 0.235 e. The van der Waals surface area contributed by atoms with Crippen LogP contribution in [0.5, 0.6) is 0 Å². The summed E-state index contributed by atoms with van der Waals surface area (Å²) in [6, 6.07) is 48.2. The minimum atomic E-state index is -0.0736. The predicted molar refractivity (Wildman–Crippen MR) is 189 cm³/mol. The largest absolute Gasteiger partial charge is 0.278 e. The van der Waals surface area contributed by atoms with E-state index in [-0.39, 0.29) is 5.41 Å². The fourth-order valence-electron chi connectivity index (χ4n) is 8.18. The van der Waals surface area contributed by atoms with Gasteiger partial charge in [-0.1, -0.05) is 135 Å². The van der Waals surface area contributed by atoms with Crippen LogP contribution in [0.25, 0.3) is 83.5 Å². The second kappa shape index (κ2) is 9.12. The van der Waals surface area contributed by atoms with Gasteiger partial charge in [-0.2, -0.15) is 0 Å². The summed E-state index contributed by atoms with van der Waals surface area (Å²) in [5, 5.41) is 2.48. The number of para-hydroxylation sites is 1. The summed E-state index contributed by atoms with van der Waals surface area (Å²) >= 11 is 0. The highest BCUT2D eigenvalue weighted by molar-refractivity contribution is 6.17. The van der Waals surface area contributed by atoms with Crippen LogP contribution in [0.2, 0.25) is 0 Å². The Morgan fingerprint density at radius 3 is 1.72 bits per heavy atom. The monoisotopic (exact) mass is 587 g/mol. The van der Waals surface area contributed by atoms with Crippen LogP contribution in [-0.4, -0.2) is 14.5 Å². The van der Waals surface area contributed by atoms with Crippen molar-refractivity contribution in [2.24, 2.45) is 0 Å². The summed E-state index contributed by atoms with van der Waals surface area (Å²) in [7, 11) is 0. The second-order valence-electron chi connectivity index (χ2n) is 13.0. The number of nitrogens with zero attached hydrogens (tertiary/aromatic N) is 3. The maximum atomic E-state index is 5.49. The number of hydrogen-bond donors (Lipinski definition) is 0. The number of rotatable bonds is 1. The van der Waals surface area contributed by atoms with E-state index >= 15 is 0 Å². The molecule has 10 rings (SSSR count). The van der Waals surface area contributed by atoms with Crippen molar-refractivity contribution in [2.45, 2.75) is 19.3 Å². The lowest BCUT2D eigenvalue weighted by molar-refractivity contribution is 0.661. The number of aromatic nitrogens is 3. The van der Waals surface area contributed by atoms with Crippen LogP contribution < -0.4 is 0 Å². The molecule has 0 unspecified atom stereocenters. The van der Waals surface area contributed by atoms with Crippen molar-refractivity contribution < 1.29 is 0 Å². The summed E-state index contributed by atoms with van der Waals surface area (Å²) in [4.78, 5) is 10.6. The fourth-order valence-corrected chi connectivity index (χ4v) is 8.18. The highest BCUT2D eigenvalue weighted by atomic mass is 15.2. The van der Waals surface area contributed by atoms with Gasteiger partial charge in [0.2, 0.25) is 5.95 Å². The van der Waals surface area contributed by atoms with Gasteiger partial charge < -0.3 is 0 Å². The SMILES string of the molecule is CC1(C)c2ccccc2-c2c1ccc1c2c2ccccc2n1-c1ncc2c(n1)-c1ccccc1-c1ccccc1-c1ccccc1-2. The van der Waals surface area contributed by atoms with Gasteiger partial charge in [-0.3, -0.25) is 4.57 Å². The van der Waals surface area contributed by atoms with Gasteiger partial charge in [0.05, 0.1) is 16.7 Å². The first-order valence-corrected chi connectivity index (χ1v) is 15.9. The van der Waals surface area contributed by atoms with E-state index in [0.717, 1.165) is 33.4 Å². The maximum absolute atomic E-state index is 5.49. The van der Waals surface area contributed by atoms with Crippen molar-refractivity contribution >= 4 is 21.8 Å². The van der Waals surface area contributed by atoms with Crippen molar-refractivity contribution in [1.82, 2.24) is 14.5 Å². The molecule has 3 heteroatoms. The number of fused-ring (bicyclic) bond motifs is 15. The van der Waals surface area contributed by atoms with Gasteiger partial charge in [-0.25, -0.2) is 9.97 Å². The summed E-state index contributed by atoms with van der Waals surface area (Å²) in [5.74, 6) is 0.677. The molecule has 0 fully saturated rings. The van der Waals surface area contributed by atoms with E-state index < -0.39 is 0 Å². The van der Waals surface area contributed by atoms with E-state index in [2.05, 4.69) is 152 Å². The third-order valence-corrected chi connectivity index (χ3v) is 10.3. The molecule has 0 radical (unpaired) electrons. The summed E-state index contributed by atoms with van der Waals surface area (Å²) < 4.78 is 2.26. The molecule has 0 bridgehead atoms. The molecule has 0 saturated carbocycles. The Morgan fingerprint density at radius 2 is 1.02 bits per heavy atom. The molecule has 6 aromatic carbocycles. The van der Waals surface area contributed by atoms with Crippen molar-refractivity contribution in [3.8, 4) is 61.7 Å². The van der Waals surface area contributed by atoms with Crippen molar-refractivity contribution in [3.05, 3.63) is 151 Å². The molecular formula is C43H29N3. The van der Waals surface area contributed by atoms with E-state index in [1.165, 1.54) is 55.3 Å². The van der Waals surface area contributed by atoms with Gasteiger partial charge in [-0.05, 0) is 62.2 Å². The normalized spacial score (nSPS) is 13.6. The summed E-state index contributed by atoms with van der Waals surface area (Å²) in [5.41, 5.74) is 16.6. The average molecular weight is 588 g/mol. The van der Waals surface area contributed by atoms with Crippen LogP contribution in [0.3, 0.4) is 0 Å². The fraction of sp³-hybridized carbons (Fsp3) is 0.0698. The van der Waals surface area contributed by atoms with Crippen LogP contribution in [0.15, 0.2) is 140 Å². The van der Waals surface area contributed by atoms with Crippen molar-refractivity contribution in [1.29, 1.82) is 0 Å². The molecule has 0 saturated heterocycles. The van der Waals surface area contributed by atoms with E-state index in [0.29, 0.717) is 5.95 Å². The Bertz CT molecular complexity index is 2560. The van der Waals surface area contributed by atoms with Gasteiger partial charge in [0.25, 0.3) is 0 Å². The van der Waals surface area contributed by atoms with Crippen molar-refractivity contribution in [2.75, 3.05) is 0 Å². The van der Waals surface area contributed by atoms with E-state index in [1.807, 2.05) is 6.20 Å². The smallest absolute Gasteiger partial charge is 0.235 e. The van der Waals surface area contributed by atoms with Gasteiger partial charge in [-0.15, -0.1) is 0 Å². The topological polar surface area (TPSA) is 30.7 Å². The Hall–Kier alpha value is -5.80. The predicted octanol–water partition coefficient (Wildman–Crippen LogP) is 10.9. The third kappa shape index (κ3) is 3.27. The molecule has 0 N–H and O–H groups in total. The lowest BCUT2D eigenvalue weighted by atomic mass is 9.82. The quantitative estimate of drug-likeness (QED) is 0.191. The van der Waals surface area contributed by atoms with E-state index in [1.54, 1.807) is 0 Å². The Kier molecular flexibility index (Phi) is 5.06. The van der Waals surface area contributed by atoms with Crippen LogP contribution in [-0.2, 0) is 5.41 Å². The van der Waals surface area contributed by atoms with Gasteiger partial charge in [0.1, 0.15) is 0 Å². The molecule has 0 atom stereocenters. The average Bonchev–Trinajstić information content (AvgIpc) is 3.56. The Labute approximate surface area is 267 Å². The minimum absolute atomic E-state index is 0.0736. The molecule has 46 heavy (non-hydrogen) atoms. The highest BCUT2D eigenvalue weighted by Crippen LogP contribution is 2.53. The molecule has 0 amide bonds. The lowest BCUT2D eigenvalue weighted by Gasteiger charge is -2.22. The second-order valence-corrected chi connectivity index (χ2v) is 13.0. The summed E-state index contributed by atoms with van der Waals surface area (Å²) in [6.45, 7) is 4.68. The zero-order valence-corrected chi connectivity index (χ0v) is 25.6. The Balaban J connectivity index is 1.30. The first-order valence-electron chi connectivity index (χ1n) is 15.9. The molecule has 2 aliphatic carbocycles. The molecule has 0 spiro atoms. The third-order valence-electron chi connectivity index (χ3n) is 10.3. The summed E-state index contributed by atoms with van der Waals surface area (Å²) in [6.07, 6.45) is 2.04. The van der Waals surface area contributed by atoms with Gasteiger partial charge in [0.15, 0.2) is 0 Å². The van der Waals surface area contributed by atoms with E-state index in [9.17, 15) is 0 Å². The molecule has 2 heterocycles. The van der Waals surface area contributed by atoms with Crippen LogP contribution in [0.1, 0.15) is 25.0 Å². The van der Waals surface area contributed by atoms with Crippen LogP contribution >= 0.6 is 0 Å². The molecular weight excluding hydrogens is 558 g/mol. The first-order chi connectivity index (χ1) is 22.6. The number of benzene rings is 6. The molecule has 216 valence electrons. The molecule has 3 nitrogen and oxygen atoms in total. The van der Waals surface area contributed by atoms with Crippen LogP contribution in [0.4, 0.5) is 0 Å². The van der Waals surface area contributed by atoms with Crippen LogP contribution in [0, 0.1) is 0 Å². The van der Waals surface area contributed by atoms with E-state index in [4.69, 9.17) is 9.97 Å². The lowest BCUT2D eigenvalue weighted by Crippen LogP contribution is -2.14. The Morgan fingerprint density at radius 1 is 0.478 bits per heavy atom. The molecule has 0 aliphatic heterocycles. The molecule has 8 aromatic rings. The standard InChI is InChI=1S/C43H29N3/c1-43(2)35-21-11-9-19-32(35)39-36(43)23-24-38-40(39)33-20-10-12-22-37(33)46(38)42-44-25-34-30-17-6-5-15-28(30)26-13-3-4-14-27(26)29-16-7-8-18-31(29)41(34)45-42/h3-25H,1-2H3. The molecule has 2 aliphatic rings. The molecule has 2 aromatic heterocycles. The zero-order valence-electron chi connectivity index (χ0n) is 25.6. The zero-order chi connectivity index (χ0) is 30.6. The number of hydrogen-bond acceptors (Lipinski definition) is 2. The first kappa shape index (κ1) is 25.5.